The molecular formula is C12H14ClN3O2S. The van der Waals surface area contributed by atoms with E-state index in [4.69, 9.17) is 11.6 Å². The van der Waals surface area contributed by atoms with Gasteiger partial charge in [-0.15, -0.1) is 0 Å². The Morgan fingerprint density at radius 1 is 1.37 bits per heavy atom. The van der Waals surface area contributed by atoms with Crippen molar-refractivity contribution in [3.8, 4) is 0 Å². The third-order valence-electron chi connectivity index (χ3n) is 2.63. The second-order valence-electron chi connectivity index (χ2n) is 4.08. The predicted molar refractivity (Wildman–Crippen MR) is 75.6 cm³/mol. The minimum absolute atomic E-state index is 0.220. The summed E-state index contributed by atoms with van der Waals surface area (Å²) in [7, 11) is 0. The average Bonchev–Trinajstić information content (AvgIpc) is 2.81. The van der Waals surface area contributed by atoms with Crippen LogP contribution in [0.4, 0.5) is 5.13 Å². The van der Waals surface area contributed by atoms with Gasteiger partial charge in [0.2, 0.25) is 5.13 Å². The van der Waals surface area contributed by atoms with Crippen LogP contribution in [0, 0.1) is 6.92 Å². The topological polar surface area (TPSA) is 78.3 Å². The van der Waals surface area contributed by atoms with Crippen molar-refractivity contribution in [1.82, 2.24) is 9.36 Å². The number of rotatable bonds is 5. The minimum Gasteiger partial charge on any atom is -0.394 e. The fraction of sp³-hybridized carbons (Fsp3) is 0.333. The predicted octanol–water partition coefficient (Wildman–Crippen LogP) is 2.01. The Labute approximate surface area is 120 Å². The van der Waals surface area contributed by atoms with Gasteiger partial charge in [-0.05, 0) is 24.6 Å². The second kappa shape index (κ2) is 6.29. The normalized spacial score (nSPS) is 14.1. The van der Waals surface area contributed by atoms with Crippen molar-refractivity contribution in [2.24, 2.45) is 0 Å². The van der Waals surface area contributed by atoms with Crippen molar-refractivity contribution in [2.45, 2.75) is 19.1 Å². The quantitative estimate of drug-likeness (QED) is 0.787. The van der Waals surface area contributed by atoms with Crippen LogP contribution >= 0.6 is 23.1 Å². The number of hydrogen-bond acceptors (Lipinski definition) is 6. The summed E-state index contributed by atoms with van der Waals surface area (Å²) in [5.41, 5.74) is 0.678. The van der Waals surface area contributed by atoms with E-state index in [1.807, 2.05) is 0 Å². The van der Waals surface area contributed by atoms with Crippen molar-refractivity contribution in [3.05, 3.63) is 40.7 Å². The number of nitrogens with one attached hydrogen (secondary N) is 1. The summed E-state index contributed by atoms with van der Waals surface area (Å²) in [5, 5.41) is 23.8. The van der Waals surface area contributed by atoms with Gasteiger partial charge in [-0.2, -0.15) is 4.37 Å². The van der Waals surface area contributed by atoms with E-state index >= 15 is 0 Å². The molecule has 1 heterocycles. The summed E-state index contributed by atoms with van der Waals surface area (Å²) in [6, 6.07) is 6.30. The summed E-state index contributed by atoms with van der Waals surface area (Å²) in [4.78, 5) is 4.14. The van der Waals surface area contributed by atoms with Crippen LogP contribution < -0.4 is 5.32 Å². The van der Waals surface area contributed by atoms with Gasteiger partial charge < -0.3 is 15.5 Å². The summed E-state index contributed by atoms with van der Waals surface area (Å²) < 4.78 is 4.03. The van der Waals surface area contributed by atoms with E-state index in [0.717, 1.165) is 0 Å². The first kappa shape index (κ1) is 14.2. The summed E-state index contributed by atoms with van der Waals surface area (Å²) in [6.07, 6.45) is -0.855. The number of hydrogen-bond donors (Lipinski definition) is 3. The van der Waals surface area contributed by atoms with Crippen molar-refractivity contribution in [1.29, 1.82) is 0 Å². The number of benzene rings is 1. The van der Waals surface area contributed by atoms with E-state index < -0.39 is 12.1 Å². The van der Waals surface area contributed by atoms with Crippen LogP contribution in [0.3, 0.4) is 0 Å². The molecule has 0 spiro atoms. The lowest BCUT2D eigenvalue weighted by Gasteiger charge is -2.22. The van der Waals surface area contributed by atoms with Gasteiger partial charge >= 0.3 is 0 Å². The Bertz CT molecular complexity index is 532. The van der Waals surface area contributed by atoms with Crippen molar-refractivity contribution < 1.29 is 10.2 Å². The van der Waals surface area contributed by atoms with Crippen LogP contribution in [0.2, 0.25) is 5.02 Å². The fourth-order valence-corrected chi connectivity index (χ4v) is 2.39. The van der Waals surface area contributed by atoms with Gasteiger partial charge in [0.25, 0.3) is 0 Å². The Hall–Kier alpha value is -1.21. The highest BCUT2D eigenvalue weighted by atomic mass is 35.5. The molecule has 0 saturated carbocycles. The molecule has 2 aromatic rings. The molecule has 1 aromatic heterocycles. The second-order valence-corrected chi connectivity index (χ2v) is 5.26. The third kappa shape index (κ3) is 3.63. The Balaban J connectivity index is 2.10. The van der Waals surface area contributed by atoms with Crippen LogP contribution in [-0.2, 0) is 0 Å². The van der Waals surface area contributed by atoms with Gasteiger partial charge in [-0.3, -0.25) is 0 Å². The molecule has 7 heteroatoms. The summed E-state index contributed by atoms with van der Waals surface area (Å²) in [5.74, 6) is 0.658. The standard InChI is InChI=1S/C12H14ClN3O2S/c1-7-14-12(19-16-7)15-10(6-17)11(18)8-2-4-9(13)5-3-8/h2-5,10-11,17-18H,6H2,1H3,(H,14,15,16)/t10-,11+/m1/s1. The SMILES string of the molecule is Cc1nsc(N[C@H](CO)[C@@H](O)c2ccc(Cl)cc2)n1. The van der Waals surface area contributed by atoms with E-state index in [-0.39, 0.29) is 6.61 Å². The number of aromatic nitrogens is 2. The highest BCUT2D eigenvalue weighted by molar-refractivity contribution is 7.09. The van der Waals surface area contributed by atoms with Gasteiger partial charge in [0.15, 0.2) is 0 Å². The third-order valence-corrected chi connectivity index (χ3v) is 3.62. The van der Waals surface area contributed by atoms with E-state index in [1.165, 1.54) is 11.5 Å². The Morgan fingerprint density at radius 2 is 2.05 bits per heavy atom. The molecule has 0 amide bonds. The largest absolute Gasteiger partial charge is 0.394 e. The summed E-state index contributed by atoms with van der Waals surface area (Å²) >= 11 is 6.99. The maximum absolute atomic E-state index is 10.2. The summed E-state index contributed by atoms with van der Waals surface area (Å²) in [6.45, 7) is 1.56. The minimum atomic E-state index is -0.855. The molecule has 0 bridgehead atoms. The lowest BCUT2D eigenvalue weighted by molar-refractivity contribution is 0.118. The van der Waals surface area contributed by atoms with Crippen LogP contribution in [0.1, 0.15) is 17.5 Å². The van der Waals surface area contributed by atoms with Crippen molar-refractivity contribution in [2.75, 3.05) is 11.9 Å². The Kier molecular flexibility index (Phi) is 4.71. The highest BCUT2D eigenvalue weighted by Crippen LogP contribution is 2.22. The highest BCUT2D eigenvalue weighted by Gasteiger charge is 2.21. The zero-order valence-corrected chi connectivity index (χ0v) is 11.8. The maximum Gasteiger partial charge on any atom is 0.202 e. The van der Waals surface area contributed by atoms with Crippen LogP contribution in [-0.4, -0.2) is 32.2 Å². The Morgan fingerprint density at radius 3 is 2.58 bits per heavy atom. The molecular weight excluding hydrogens is 286 g/mol. The first-order valence-electron chi connectivity index (χ1n) is 5.71. The molecule has 102 valence electrons. The molecule has 0 unspecified atom stereocenters. The molecule has 0 radical (unpaired) electrons. The number of aryl methyl sites for hydroxylation is 1. The van der Waals surface area contributed by atoms with Crippen LogP contribution in [0.25, 0.3) is 0 Å². The molecule has 2 rings (SSSR count). The average molecular weight is 300 g/mol. The van der Waals surface area contributed by atoms with Gasteiger partial charge in [0.05, 0.1) is 12.6 Å². The van der Waals surface area contributed by atoms with Crippen LogP contribution in [0.5, 0.6) is 0 Å². The lowest BCUT2D eigenvalue weighted by atomic mass is 10.0. The number of anilines is 1. The molecule has 0 fully saturated rings. The van der Waals surface area contributed by atoms with Gasteiger partial charge in [-0.25, -0.2) is 4.98 Å². The number of aliphatic hydroxyl groups excluding tert-OH is 2. The van der Waals surface area contributed by atoms with Gasteiger partial charge in [0, 0.05) is 16.6 Å². The number of aliphatic hydroxyl groups is 2. The zero-order valence-electron chi connectivity index (χ0n) is 10.2. The molecule has 1 aromatic carbocycles. The first-order chi connectivity index (χ1) is 9.10. The van der Waals surface area contributed by atoms with Gasteiger partial charge in [-0.1, -0.05) is 23.7 Å². The lowest BCUT2D eigenvalue weighted by Crippen LogP contribution is -2.31. The molecule has 0 saturated heterocycles. The molecule has 2 atom stereocenters. The number of halogens is 1. The molecule has 0 aliphatic heterocycles. The maximum atomic E-state index is 10.2. The van der Waals surface area contributed by atoms with E-state index in [1.54, 1.807) is 31.2 Å². The zero-order chi connectivity index (χ0) is 13.8. The molecule has 0 aliphatic rings. The first-order valence-corrected chi connectivity index (χ1v) is 6.86. The van der Waals surface area contributed by atoms with Crippen molar-refractivity contribution in [3.63, 3.8) is 0 Å². The smallest absolute Gasteiger partial charge is 0.202 e. The molecule has 0 aliphatic carbocycles. The number of nitrogens with zero attached hydrogens (tertiary/aromatic N) is 2. The van der Waals surface area contributed by atoms with E-state index in [2.05, 4.69) is 14.7 Å². The van der Waals surface area contributed by atoms with Crippen molar-refractivity contribution >= 4 is 28.3 Å². The van der Waals surface area contributed by atoms with Crippen LogP contribution in [0.15, 0.2) is 24.3 Å². The molecule has 19 heavy (non-hydrogen) atoms. The van der Waals surface area contributed by atoms with E-state index in [0.29, 0.717) is 21.5 Å². The monoisotopic (exact) mass is 299 g/mol. The fourth-order valence-electron chi connectivity index (χ4n) is 1.63. The molecule has 5 nitrogen and oxygen atoms in total. The van der Waals surface area contributed by atoms with E-state index in [9.17, 15) is 10.2 Å². The van der Waals surface area contributed by atoms with Gasteiger partial charge in [0.1, 0.15) is 11.9 Å². The molecule has 3 N–H and O–H groups in total.